The molecule has 28 heavy (non-hydrogen) atoms. The zero-order valence-corrected chi connectivity index (χ0v) is 16.9. The first-order valence-corrected chi connectivity index (χ1v) is 10.3. The van der Waals surface area contributed by atoms with E-state index < -0.39 is 0 Å². The molecule has 4 rings (SSSR count). The molecule has 0 spiro atoms. The fraction of sp³-hybridized carbons (Fsp3) is 0.700. The van der Waals surface area contributed by atoms with E-state index in [-0.39, 0.29) is 23.9 Å². The fourth-order valence-corrected chi connectivity index (χ4v) is 4.33. The number of aromatic nitrogens is 4. The van der Waals surface area contributed by atoms with Crippen LogP contribution >= 0.6 is 0 Å². The quantitative estimate of drug-likeness (QED) is 0.801. The van der Waals surface area contributed by atoms with Gasteiger partial charge in [-0.1, -0.05) is 0 Å². The molecule has 0 radical (unpaired) electrons. The van der Waals surface area contributed by atoms with Crippen LogP contribution in [0.15, 0.2) is 10.5 Å². The summed E-state index contributed by atoms with van der Waals surface area (Å²) in [6, 6.07) is 1.49. The Bertz CT molecular complexity index is 824. The molecule has 0 saturated carbocycles. The molecule has 8 nitrogen and oxygen atoms in total. The number of amides is 1. The molecular weight excluding hydrogens is 358 g/mol. The van der Waals surface area contributed by atoms with Crippen LogP contribution < -0.4 is 0 Å². The maximum atomic E-state index is 13.3. The molecule has 0 bridgehead atoms. The summed E-state index contributed by atoms with van der Waals surface area (Å²) in [4.78, 5) is 15.2. The third-order valence-corrected chi connectivity index (χ3v) is 5.87. The molecule has 8 heteroatoms. The molecule has 2 fully saturated rings. The number of carbonyl (C=O) groups is 1. The Morgan fingerprint density at radius 3 is 2.61 bits per heavy atom. The van der Waals surface area contributed by atoms with Gasteiger partial charge < -0.3 is 14.1 Å². The van der Waals surface area contributed by atoms with Crippen LogP contribution in [0.3, 0.4) is 0 Å². The smallest absolute Gasteiger partial charge is 0.247 e. The fourth-order valence-electron chi connectivity index (χ4n) is 4.33. The van der Waals surface area contributed by atoms with Gasteiger partial charge in [-0.15, -0.1) is 10.2 Å². The minimum absolute atomic E-state index is 0.0571. The van der Waals surface area contributed by atoms with Gasteiger partial charge in [0.15, 0.2) is 0 Å². The van der Waals surface area contributed by atoms with E-state index in [2.05, 4.69) is 15.3 Å². The highest BCUT2D eigenvalue weighted by molar-refractivity contribution is 5.80. The van der Waals surface area contributed by atoms with Gasteiger partial charge in [-0.3, -0.25) is 9.48 Å². The van der Waals surface area contributed by atoms with E-state index in [1.807, 2.05) is 36.4 Å². The van der Waals surface area contributed by atoms with Gasteiger partial charge in [-0.25, -0.2) is 0 Å². The topological polar surface area (TPSA) is 86.3 Å². The van der Waals surface area contributed by atoms with Crippen LogP contribution in [0.5, 0.6) is 0 Å². The first kappa shape index (κ1) is 19.1. The van der Waals surface area contributed by atoms with Crippen LogP contribution in [0.2, 0.25) is 0 Å². The normalized spacial score (nSPS) is 22.4. The van der Waals surface area contributed by atoms with Crippen molar-refractivity contribution in [2.75, 3.05) is 19.8 Å². The number of piperidine rings is 1. The summed E-state index contributed by atoms with van der Waals surface area (Å²) >= 11 is 0. The lowest BCUT2D eigenvalue weighted by atomic mass is 10.0. The van der Waals surface area contributed by atoms with E-state index in [1.54, 1.807) is 0 Å². The Morgan fingerprint density at radius 1 is 1.14 bits per heavy atom. The van der Waals surface area contributed by atoms with Crippen molar-refractivity contribution in [1.29, 1.82) is 0 Å². The second kappa shape index (κ2) is 8.03. The number of ether oxygens (including phenoxy) is 1. The number of nitrogens with zero attached hydrogens (tertiary/aromatic N) is 5. The molecule has 2 aromatic heterocycles. The molecule has 4 heterocycles. The van der Waals surface area contributed by atoms with Crippen LogP contribution in [-0.2, 0) is 9.53 Å². The van der Waals surface area contributed by atoms with Gasteiger partial charge in [0.25, 0.3) is 0 Å². The zero-order chi connectivity index (χ0) is 19.7. The van der Waals surface area contributed by atoms with Crippen molar-refractivity contribution in [3.63, 3.8) is 0 Å². The van der Waals surface area contributed by atoms with E-state index in [0.29, 0.717) is 18.3 Å². The SMILES string of the molecule is Cc1cc(C)n([C@@H](C)C(=O)N2CCCC[C@H]2c2nnc(C3CCOCC3)o2)n1. The maximum absolute atomic E-state index is 13.3. The number of carbonyl (C=O) groups excluding carboxylic acids is 1. The maximum Gasteiger partial charge on any atom is 0.247 e. The zero-order valence-electron chi connectivity index (χ0n) is 16.9. The second-order valence-electron chi connectivity index (χ2n) is 7.96. The van der Waals surface area contributed by atoms with Crippen molar-refractivity contribution in [2.24, 2.45) is 0 Å². The van der Waals surface area contributed by atoms with Crippen molar-refractivity contribution in [3.05, 3.63) is 29.2 Å². The first-order chi connectivity index (χ1) is 13.5. The molecule has 2 aliphatic rings. The molecule has 2 atom stereocenters. The second-order valence-corrected chi connectivity index (χ2v) is 7.96. The molecular formula is C20H29N5O3. The lowest BCUT2D eigenvalue weighted by Crippen LogP contribution is -2.42. The van der Waals surface area contributed by atoms with Crippen LogP contribution in [0.4, 0.5) is 0 Å². The van der Waals surface area contributed by atoms with Gasteiger partial charge in [-0.05, 0) is 58.9 Å². The van der Waals surface area contributed by atoms with Crippen molar-refractivity contribution < 1.29 is 13.9 Å². The van der Waals surface area contributed by atoms with Crippen molar-refractivity contribution in [2.45, 2.75) is 70.9 Å². The summed E-state index contributed by atoms with van der Waals surface area (Å²) in [6.45, 7) is 8.01. The summed E-state index contributed by atoms with van der Waals surface area (Å²) in [5.74, 6) is 1.57. The number of hydrogen-bond acceptors (Lipinski definition) is 6. The highest BCUT2D eigenvalue weighted by Crippen LogP contribution is 2.34. The predicted octanol–water partition coefficient (Wildman–Crippen LogP) is 3.09. The Balaban J connectivity index is 1.53. The number of hydrogen-bond donors (Lipinski definition) is 0. The van der Waals surface area contributed by atoms with Crippen LogP contribution in [-0.4, -0.2) is 50.5 Å². The van der Waals surface area contributed by atoms with E-state index in [9.17, 15) is 4.79 Å². The van der Waals surface area contributed by atoms with Crippen molar-refractivity contribution in [3.8, 4) is 0 Å². The lowest BCUT2D eigenvalue weighted by Gasteiger charge is -2.35. The summed E-state index contributed by atoms with van der Waals surface area (Å²) in [7, 11) is 0. The molecule has 0 aromatic carbocycles. The van der Waals surface area contributed by atoms with E-state index in [4.69, 9.17) is 9.15 Å². The Morgan fingerprint density at radius 2 is 1.89 bits per heavy atom. The Kier molecular flexibility index (Phi) is 5.48. The molecule has 2 saturated heterocycles. The minimum atomic E-state index is -0.354. The van der Waals surface area contributed by atoms with Crippen LogP contribution in [0.25, 0.3) is 0 Å². The molecule has 0 unspecified atom stereocenters. The first-order valence-electron chi connectivity index (χ1n) is 10.3. The van der Waals surface area contributed by atoms with Gasteiger partial charge in [-0.2, -0.15) is 5.10 Å². The molecule has 0 aliphatic carbocycles. The third kappa shape index (κ3) is 3.70. The van der Waals surface area contributed by atoms with Crippen molar-refractivity contribution >= 4 is 5.91 Å². The monoisotopic (exact) mass is 387 g/mol. The standard InChI is InChI=1S/C20H29N5O3/c1-13-12-14(2)25(23-13)15(3)20(26)24-9-5-4-6-17(24)19-22-21-18(28-19)16-7-10-27-11-8-16/h12,15-17H,4-11H2,1-3H3/t15-,17-/m0/s1. The molecule has 1 amide bonds. The van der Waals surface area contributed by atoms with Gasteiger partial charge in [0, 0.05) is 31.4 Å². The van der Waals surface area contributed by atoms with E-state index >= 15 is 0 Å². The number of rotatable bonds is 4. The third-order valence-electron chi connectivity index (χ3n) is 5.87. The highest BCUT2D eigenvalue weighted by Gasteiger charge is 2.35. The summed E-state index contributed by atoms with van der Waals surface area (Å²) in [5, 5.41) is 13.1. The van der Waals surface area contributed by atoms with Gasteiger partial charge in [0.1, 0.15) is 12.1 Å². The number of likely N-dealkylation sites (tertiary alicyclic amines) is 1. The average molecular weight is 387 g/mol. The van der Waals surface area contributed by atoms with Gasteiger partial charge in [0.05, 0.1) is 5.69 Å². The summed E-state index contributed by atoms with van der Waals surface area (Å²) in [6.07, 6.45) is 4.71. The van der Waals surface area contributed by atoms with Gasteiger partial charge >= 0.3 is 0 Å². The number of aryl methyl sites for hydroxylation is 2. The summed E-state index contributed by atoms with van der Waals surface area (Å²) < 4.78 is 13.3. The molecule has 152 valence electrons. The summed E-state index contributed by atoms with van der Waals surface area (Å²) in [5.41, 5.74) is 1.91. The minimum Gasteiger partial charge on any atom is -0.423 e. The molecule has 0 N–H and O–H groups in total. The van der Waals surface area contributed by atoms with Crippen LogP contribution in [0.1, 0.15) is 80.2 Å². The van der Waals surface area contributed by atoms with E-state index in [1.165, 1.54) is 0 Å². The van der Waals surface area contributed by atoms with E-state index in [0.717, 1.165) is 56.7 Å². The Hall–Kier alpha value is -2.22. The lowest BCUT2D eigenvalue weighted by molar-refractivity contribution is -0.139. The molecule has 2 aliphatic heterocycles. The average Bonchev–Trinajstić information content (AvgIpc) is 3.34. The molecule has 2 aromatic rings. The predicted molar refractivity (Wildman–Crippen MR) is 102 cm³/mol. The Labute approximate surface area is 165 Å². The highest BCUT2D eigenvalue weighted by atomic mass is 16.5. The largest absolute Gasteiger partial charge is 0.423 e. The van der Waals surface area contributed by atoms with Crippen LogP contribution in [0, 0.1) is 13.8 Å². The van der Waals surface area contributed by atoms with Gasteiger partial charge in [0.2, 0.25) is 17.7 Å². The van der Waals surface area contributed by atoms with Crippen molar-refractivity contribution in [1.82, 2.24) is 24.9 Å².